The monoisotopic (exact) mass is 472 g/mol. The van der Waals surface area contributed by atoms with E-state index in [9.17, 15) is 13.6 Å². The number of aromatic nitrogens is 1. The molecule has 0 saturated carbocycles. The largest absolute Gasteiger partial charge is 0.399 e. The predicted octanol–water partition coefficient (Wildman–Crippen LogP) is 4.59. The molecule has 0 spiro atoms. The quantitative estimate of drug-likeness (QED) is 0.221. The topological polar surface area (TPSA) is 117 Å². The molecule has 0 aliphatic rings. The van der Waals surface area contributed by atoms with Gasteiger partial charge in [-0.1, -0.05) is 48.5 Å². The lowest BCUT2D eigenvalue weighted by Gasteiger charge is -2.19. The van der Waals surface area contributed by atoms with Crippen molar-refractivity contribution in [3.05, 3.63) is 114 Å². The second kappa shape index (κ2) is 10.8. The third kappa shape index (κ3) is 5.93. The Morgan fingerprint density at radius 2 is 1.68 bits per heavy atom. The van der Waals surface area contributed by atoms with Gasteiger partial charge in [-0.2, -0.15) is 0 Å². The van der Waals surface area contributed by atoms with Crippen molar-refractivity contribution in [2.24, 2.45) is 0 Å². The van der Waals surface area contributed by atoms with Crippen molar-refractivity contribution in [2.45, 2.75) is 12.5 Å². The molecule has 5 N–H and O–H groups in total. The van der Waals surface area contributed by atoms with Gasteiger partial charge in [-0.15, -0.1) is 0 Å². The summed E-state index contributed by atoms with van der Waals surface area (Å²) in [7, 11) is 0. The first-order chi connectivity index (χ1) is 16.5. The summed E-state index contributed by atoms with van der Waals surface area (Å²) in [5.74, 6) is -0.284. The number of hydrogen-bond acceptors (Lipinski definition) is 4. The number of pyridine rings is 1. The maximum absolute atomic E-state index is 12.7. The Kier molecular flexibility index (Phi) is 7.44. The summed E-state index contributed by atoms with van der Waals surface area (Å²) >= 11 is -2.24. The average Bonchev–Trinajstić information content (AvgIpc) is 2.86. The number of carbonyl (C=O) groups excluding carboxylic acids is 1. The van der Waals surface area contributed by atoms with Crippen LogP contribution < -0.4 is 15.8 Å². The number of nitrogens with zero attached hydrogens (tertiary/aromatic N) is 1. The molecule has 0 radical (unpaired) electrons. The maximum atomic E-state index is 12.7. The van der Waals surface area contributed by atoms with E-state index in [1.807, 2.05) is 54.6 Å². The number of nitrogens with two attached hydrogens (primary N) is 1. The zero-order chi connectivity index (χ0) is 23.9. The fourth-order valence-electron chi connectivity index (χ4n) is 3.70. The molecule has 0 saturated heterocycles. The molecule has 172 valence electrons. The van der Waals surface area contributed by atoms with Crippen LogP contribution in [0.25, 0.3) is 11.1 Å². The van der Waals surface area contributed by atoms with E-state index in [1.54, 1.807) is 42.7 Å². The van der Waals surface area contributed by atoms with E-state index >= 15 is 0 Å². The lowest BCUT2D eigenvalue weighted by molar-refractivity contribution is 0.102. The van der Waals surface area contributed by atoms with Crippen molar-refractivity contribution < 1.29 is 13.6 Å². The van der Waals surface area contributed by atoms with Crippen molar-refractivity contribution in [3.63, 3.8) is 0 Å². The summed E-state index contributed by atoms with van der Waals surface area (Å²) in [6, 6.07) is 25.6. The molecule has 0 bridgehead atoms. The standard InChI is InChI=1S/C26H24N4O3S/c27-24-10-9-21(26(31)29-23-11-13-28-14-12-23)16-22(24)17-25(30-34(32)33)20-8-4-7-19(15-20)18-5-2-1-3-6-18/h1-16,25,30H,17,27H2,(H,32,33)(H,28,29,31). The summed E-state index contributed by atoms with van der Waals surface area (Å²) in [4.78, 5) is 16.7. The van der Waals surface area contributed by atoms with Gasteiger partial charge >= 0.3 is 0 Å². The van der Waals surface area contributed by atoms with Crippen LogP contribution in [0.15, 0.2) is 97.3 Å². The molecule has 4 aromatic rings. The van der Waals surface area contributed by atoms with Gasteiger partial charge in [0, 0.05) is 29.3 Å². The van der Waals surface area contributed by atoms with Crippen LogP contribution in [-0.4, -0.2) is 19.7 Å². The van der Waals surface area contributed by atoms with Gasteiger partial charge in [0.05, 0.1) is 6.04 Å². The normalized spacial score (nSPS) is 12.6. The fraction of sp³-hybridized carbons (Fsp3) is 0.0769. The number of benzene rings is 3. The third-order valence-corrected chi connectivity index (χ3v) is 5.89. The number of amides is 1. The van der Waals surface area contributed by atoms with E-state index in [1.165, 1.54) is 0 Å². The molecular formula is C26H24N4O3S. The summed E-state index contributed by atoms with van der Waals surface area (Å²) in [6.45, 7) is 0. The van der Waals surface area contributed by atoms with E-state index in [0.717, 1.165) is 16.7 Å². The van der Waals surface area contributed by atoms with Gasteiger partial charge in [0.1, 0.15) is 0 Å². The first kappa shape index (κ1) is 23.3. The Balaban J connectivity index is 1.61. The molecule has 0 aliphatic carbocycles. The Morgan fingerprint density at radius 3 is 2.41 bits per heavy atom. The summed E-state index contributed by atoms with van der Waals surface area (Å²) in [5.41, 5.74) is 11.3. The van der Waals surface area contributed by atoms with E-state index in [4.69, 9.17) is 5.73 Å². The number of hydrogen-bond donors (Lipinski definition) is 4. The highest BCUT2D eigenvalue weighted by Crippen LogP contribution is 2.27. The van der Waals surface area contributed by atoms with Gasteiger partial charge in [0.25, 0.3) is 5.91 Å². The molecule has 8 heteroatoms. The first-order valence-corrected chi connectivity index (χ1v) is 11.7. The summed E-state index contributed by atoms with van der Waals surface area (Å²) in [6.07, 6.45) is 3.50. The number of carbonyl (C=O) groups is 1. The molecule has 2 atom stereocenters. The molecule has 34 heavy (non-hydrogen) atoms. The van der Waals surface area contributed by atoms with E-state index in [2.05, 4.69) is 15.0 Å². The third-order valence-electron chi connectivity index (χ3n) is 5.41. The van der Waals surface area contributed by atoms with Crippen LogP contribution in [0.3, 0.4) is 0 Å². The Morgan fingerprint density at radius 1 is 0.941 bits per heavy atom. The molecule has 0 aliphatic heterocycles. The van der Waals surface area contributed by atoms with E-state index in [0.29, 0.717) is 28.9 Å². The smallest absolute Gasteiger partial charge is 0.255 e. The first-order valence-electron chi connectivity index (χ1n) is 10.6. The Bertz CT molecular complexity index is 1300. The number of anilines is 2. The van der Waals surface area contributed by atoms with Gasteiger partial charge in [0.2, 0.25) is 11.3 Å². The molecule has 1 aromatic heterocycles. The van der Waals surface area contributed by atoms with Crippen molar-refractivity contribution >= 4 is 28.5 Å². The second-order valence-electron chi connectivity index (χ2n) is 7.72. The van der Waals surface area contributed by atoms with Gasteiger partial charge in [-0.05, 0) is 65.1 Å². The molecule has 0 fully saturated rings. The van der Waals surface area contributed by atoms with Crippen LogP contribution in [-0.2, 0) is 17.7 Å². The molecule has 7 nitrogen and oxygen atoms in total. The highest BCUT2D eigenvalue weighted by molar-refractivity contribution is 7.77. The van der Waals surface area contributed by atoms with Crippen LogP contribution >= 0.6 is 0 Å². The van der Waals surface area contributed by atoms with Crippen LogP contribution in [0, 0.1) is 0 Å². The molecular weight excluding hydrogens is 448 g/mol. The molecule has 1 heterocycles. The van der Waals surface area contributed by atoms with Gasteiger partial charge < -0.3 is 11.1 Å². The minimum Gasteiger partial charge on any atom is -0.399 e. The van der Waals surface area contributed by atoms with Crippen LogP contribution in [0.1, 0.15) is 27.5 Å². The number of nitrogen functional groups attached to an aromatic ring is 1. The molecule has 4 rings (SSSR count). The molecule has 1 amide bonds. The zero-order valence-electron chi connectivity index (χ0n) is 18.2. The Hall–Kier alpha value is -3.85. The number of rotatable bonds is 8. The predicted molar refractivity (Wildman–Crippen MR) is 135 cm³/mol. The maximum Gasteiger partial charge on any atom is 0.255 e. The van der Waals surface area contributed by atoms with Gasteiger partial charge in [0.15, 0.2) is 0 Å². The molecule has 3 aromatic carbocycles. The zero-order valence-corrected chi connectivity index (χ0v) is 19.0. The van der Waals surface area contributed by atoms with E-state index in [-0.39, 0.29) is 5.91 Å². The minimum atomic E-state index is -2.24. The van der Waals surface area contributed by atoms with Crippen molar-refractivity contribution in [2.75, 3.05) is 11.1 Å². The van der Waals surface area contributed by atoms with E-state index < -0.39 is 17.3 Å². The summed E-state index contributed by atoms with van der Waals surface area (Å²) in [5, 5.41) is 2.82. The lowest BCUT2D eigenvalue weighted by Crippen LogP contribution is -2.25. The summed E-state index contributed by atoms with van der Waals surface area (Å²) < 4.78 is 24.0. The Labute approximate surface area is 200 Å². The highest BCUT2D eigenvalue weighted by Gasteiger charge is 2.18. The fourth-order valence-corrected chi connectivity index (χ4v) is 4.16. The van der Waals surface area contributed by atoms with Crippen molar-refractivity contribution in [1.29, 1.82) is 0 Å². The average molecular weight is 473 g/mol. The van der Waals surface area contributed by atoms with Crippen molar-refractivity contribution in [1.82, 2.24) is 9.71 Å². The SMILES string of the molecule is Nc1ccc(C(=O)Nc2ccncc2)cc1CC(NS(=O)O)c1cccc(-c2ccccc2)c1. The van der Waals surface area contributed by atoms with Gasteiger partial charge in [-0.25, -0.2) is 8.93 Å². The lowest BCUT2D eigenvalue weighted by atomic mass is 9.94. The molecule has 2 unspecified atom stereocenters. The highest BCUT2D eigenvalue weighted by atomic mass is 32.2. The van der Waals surface area contributed by atoms with Gasteiger partial charge in [-0.3, -0.25) is 14.3 Å². The van der Waals surface area contributed by atoms with Crippen LogP contribution in [0.5, 0.6) is 0 Å². The van der Waals surface area contributed by atoms with Crippen molar-refractivity contribution in [3.8, 4) is 11.1 Å². The van der Waals surface area contributed by atoms with Crippen LogP contribution in [0.4, 0.5) is 11.4 Å². The number of nitrogens with one attached hydrogen (secondary N) is 2. The van der Waals surface area contributed by atoms with Crippen LogP contribution in [0.2, 0.25) is 0 Å². The second-order valence-corrected chi connectivity index (χ2v) is 8.45. The minimum absolute atomic E-state index is 0.284.